The minimum Gasteiger partial charge on any atom is -0.331 e. The number of amides is 1. The van der Waals surface area contributed by atoms with E-state index in [1.54, 1.807) is 10.9 Å². The van der Waals surface area contributed by atoms with E-state index in [2.05, 4.69) is 20.3 Å². The summed E-state index contributed by atoms with van der Waals surface area (Å²) in [5.41, 5.74) is 0.729. The Hall–Kier alpha value is -1.89. The number of hydrogen-bond acceptors (Lipinski definition) is 4. The first-order chi connectivity index (χ1) is 10.0. The number of likely N-dealkylation sites (tertiary alicyclic amines) is 1. The molecule has 2 aromatic heterocycles. The molecule has 1 fully saturated rings. The third kappa shape index (κ3) is 2.78. The first-order valence-electron chi connectivity index (χ1n) is 6.92. The molecule has 0 spiro atoms. The van der Waals surface area contributed by atoms with Gasteiger partial charge in [0, 0.05) is 12.7 Å². The summed E-state index contributed by atoms with van der Waals surface area (Å²) < 4.78 is 1.58. The fourth-order valence-corrected chi connectivity index (χ4v) is 2.80. The number of aryl methyl sites for hydroxylation is 2. The van der Waals surface area contributed by atoms with Crippen LogP contribution in [0, 0.1) is 13.8 Å². The molecular weight excluding hydrogens is 292 g/mol. The van der Waals surface area contributed by atoms with Gasteiger partial charge in [0.15, 0.2) is 5.82 Å². The Labute approximate surface area is 127 Å². The zero-order valence-corrected chi connectivity index (χ0v) is 12.8. The van der Waals surface area contributed by atoms with Crippen LogP contribution in [0.5, 0.6) is 0 Å². The van der Waals surface area contributed by atoms with Crippen molar-refractivity contribution in [2.45, 2.75) is 39.3 Å². The van der Waals surface area contributed by atoms with Crippen LogP contribution in [0.3, 0.4) is 0 Å². The van der Waals surface area contributed by atoms with Crippen LogP contribution >= 0.6 is 11.6 Å². The number of aromatic nitrogens is 5. The predicted octanol–water partition coefficient (Wildman–Crippen LogP) is 1.64. The van der Waals surface area contributed by atoms with E-state index in [-0.39, 0.29) is 18.5 Å². The van der Waals surface area contributed by atoms with Crippen molar-refractivity contribution in [1.29, 1.82) is 0 Å². The molecule has 0 aliphatic carbocycles. The average Bonchev–Trinajstić information content (AvgIpc) is 3.11. The normalized spacial score (nSPS) is 18.4. The number of aromatic amines is 1. The van der Waals surface area contributed by atoms with Gasteiger partial charge in [-0.1, -0.05) is 11.6 Å². The van der Waals surface area contributed by atoms with Gasteiger partial charge in [0.05, 0.1) is 16.8 Å². The van der Waals surface area contributed by atoms with Gasteiger partial charge in [-0.2, -0.15) is 10.2 Å². The Morgan fingerprint density at radius 2 is 2.33 bits per heavy atom. The van der Waals surface area contributed by atoms with Gasteiger partial charge < -0.3 is 4.90 Å². The van der Waals surface area contributed by atoms with Crippen LogP contribution in [-0.4, -0.2) is 42.3 Å². The fourth-order valence-electron chi connectivity index (χ4n) is 2.65. The molecule has 0 saturated carbocycles. The number of hydrogen-bond donors (Lipinski definition) is 1. The molecule has 1 aliphatic rings. The van der Waals surface area contributed by atoms with Gasteiger partial charge in [-0.3, -0.25) is 14.6 Å². The van der Waals surface area contributed by atoms with Gasteiger partial charge in [0.2, 0.25) is 5.91 Å². The standard InChI is InChI=1S/C13H17ClN6O/c1-8-10(14)6-19(18-8)7-12(21)20-5-3-4-11(20)13-15-9(2)16-17-13/h6,11H,3-5,7H2,1-2H3,(H,15,16,17)/t11-/m1/s1. The van der Waals surface area contributed by atoms with Crippen LogP contribution in [0.15, 0.2) is 6.20 Å². The first kappa shape index (κ1) is 14.1. The molecule has 8 heteroatoms. The molecule has 0 bridgehead atoms. The highest BCUT2D eigenvalue weighted by atomic mass is 35.5. The molecule has 0 radical (unpaired) electrons. The van der Waals surface area contributed by atoms with E-state index < -0.39 is 0 Å². The van der Waals surface area contributed by atoms with Gasteiger partial charge in [-0.25, -0.2) is 4.98 Å². The summed E-state index contributed by atoms with van der Waals surface area (Å²) in [7, 11) is 0. The fraction of sp³-hybridized carbons (Fsp3) is 0.538. The summed E-state index contributed by atoms with van der Waals surface area (Å²) in [5, 5.41) is 11.8. The van der Waals surface area contributed by atoms with Crippen molar-refractivity contribution in [3.05, 3.63) is 28.6 Å². The van der Waals surface area contributed by atoms with Crippen LogP contribution in [0.2, 0.25) is 5.02 Å². The molecule has 1 saturated heterocycles. The molecule has 2 aromatic rings. The topological polar surface area (TPSA) is 79.7 Å². The third-order valence-corrected chi connectivity index (χ3v) is 4.04. The van der Waals surface area contributed by atoms with Crippen LogP contribution in [0.4, 0.5) is 0 Å². The minimum absolute atomic E-state index is 0.0131. The van der Waals surface area contributed by atoms with E-state index in [1.165, 1.54) is 0 Å². The summed E-state index contributed by atoms with van der Waals surface area (Å²) in [6.07, 6.45) is 3.53. The van der Waals surface area contributed by atoms with Crippen LogP contribution in [0.25, 0.3) is 0 Å². The van der Waals surface area contributed by atoms with Crippen LogP contribution in [-0.2, 0) is 11.3 Å². The minimum atomic E-state index is -0.0467. The Morgan fingerprint density at radius 3 is 2.95 bits per heavy atom. The lowest BCUT2D eigenvalue weighted by Crippen LogP contribution is -2.34. The molecule has 1 atom stereocenters. The Balaban J connectivity index is 1.74. The second-order valence-electron chi connectivity index (χ2n) is 5.28. The van der Waals surface area contributed by atoms with E-state index in [1.807, 2.05) is 18.7 Å². The van der Waals surface area contributed by atoms with E-state index in [0.717, 1.165) is 30.9 Å². The Kier molecular flexibility index (Phi) is 3.67. The molecule has 0 unspecified atom stereocenters. The van der Waals surface area contributed by atoms with Crippen LogP contribution in [0.1, 0.15) is 36.2 Å². The number of carbonyl (C=O) groups is 1. The molecule has 7 nitrogen and oxygen atoms in total. The average molecular weight is 309 g/mol. The highest BCUT2D eigenvalue weighted by molar-refractivity contribution is 6.31. The van der Waals surface area contributed by atoms with Gasteiger partial charge >= 0.3 is 0 Å². The SMILES string of the molecule is Cc1nc([C@H]2CCCN2C(=O)Cn2cc(Cl)c(C)n2)n[nH]1. The summed E-state index contributed by atoms with van der Waals surface area (Å²) in [4.78, 5) is 18.7. The van der Waals surface area contributed by atoms with E-state index in [0.29, 0.717) is 10.8 Å². The smallest absolute Gasteiger partial charge is 0.244 e. The Morgan fingerprint density at radius 1 is 1.52 bits per heavy atom. The molecule has 112 valence electrons. The van der Waals surface area contributed by atoms with Crippen molar-refractivity contribution in [1.82, 2.24) is 29.9 Å². The number of rotatable bonds is 3. The summed E-state index contributed by atoms with van der Waals surface area (Å²) >= 11 is 5.97. The quantitative estimate of drug-likeness (QED) is 0.934. The van der Waals surface area contributed by atoms with Crippen molar-refractivity contribution in [3.63, 3.8) is 0 Å². The predicted molar refractivity (Wildman–Crippen MR) is 76.8 cm³/mol. The van der Waals surface area contributed by atoms with E-state index >= 15 is 0 Å². The molecule has 3 rings (SSSR count). The summed E-state index contributed by atoms with van der Waals surface area (Å²) in [6.45, 7) is 4.59. The van der Waals surface area contributed by atoms with Crippen molar-refractivity contribution in [2.75, 3.05) is 6.54 Å². The largest absolute Gasteiger partial charge is 0.331 e. The second kappa shape index (κ2) is 5.48. The zero-order valence-electron chi connectivity index (χ0n) is 12.0. The number of nitrogens with one attached hydrogen (secondary N) is 1. The highest BCUT2D eigenvalue weighted by Gasteiger charge is 2.32. The maximum absolute atomic E-state index is 12.5. The molecule has 1 amide bonds. The van der Waals surface area contributed by atoms with Gasteiger partial charge in [-0.05, 0) is 26.7 Å². The van der Waals surface area contributed by atoms with Crippen molar-refractivity contribution >= 4 is 17.5 Å². The number of H-pyrrole nitrogens is 1. The lowest BCUT2D eigenvalue weighted by atomic mass is 10.2. The lowest BCUT2D eigenvalue weighted by molar-refractivity contribution is -0.133. The number of nitrogens with zero attached hydrogens (tertiary/aromatic N) is 5. The van der Waals surface area contributed by atoms with E-state index in [4.69, 9.17) is 11.6 Å². The maximum atomic E-state index is 12.5. The summed E-state index contributed by atoms with van der Waals surface area (Å²) in [6, 6.07) is -0.0467. The molecule has 21 heavy (non-hydrogen) atoms. The van der Waals surface area contributed by atoms with Gasteiger partial charge in [-0.15, -0.1) is 0 Å². The number of halogens is 1. The maximum Gasteiger partial charge on any atom is 0.244 e. The number of carbonyl (C=O) groups excluding carboxylic acids is 1. The van der Waals surface area contributed by atoms with Crippen molar-refractivity contribution < 1.29 is 4.79 Å². The zero-order chi connectivity index (χ0) is 15.0. The molecule has 0 aromatic carbocycles. The molecule has 1 N–H and O–H groups in total. The van der Waals surface area contributed by atoms with Crippen molar-refractivity contribution in [2.24, 2.45) is 0 Å². The van der Waals surface area contributed by atoms with Gasteiger partial charge in [0.25, 0.3) is 0 Å². The first-order valence-corrected chi connectivity index (χ1v) is 7.30. The second-order valence-corrected chi connectivity index (χ2v) is 5.69. The van der Waals surface area contributed by atoms with E-state index in [9.17, 15) is 4.79 Å². The summed E-state index contributed by atoms with van der Waals surface area (Å²) in [5.74, 6) is 1.46. The van der Waals surface area contributed by atoms with Crippen LogP contribution < -0.4 is 0 Å². The molecule has 1 aliphatic heterocycles. The monoisotopic (exact) mass is 308 g/mol. The van der Waals surface area contributed by atoms with Crippen molar-refractivity contribution in [3.8, 4) is 0 Å². The molecular formula is C13H17ClN6O. The molecule has 3 heterocycles. The Bertz CT molecular complexity index is 644. The third-order valence-electron chi connectivity index (χ3n) is 3.67. The highest BCUT2D eigenvalue weighted by Crippen LogP contribution is 2.30. The van der Waals surface area contributed by atoms with Gasteiger partial charge in [0.1, 0.15) is 12.4 Å². The lowest BCUT2D eigenvalue weighted by Gasteiger charge is -2.22.